The Labute approximate surface area is 139 Å². The Morgan fingerprint density at radius 2 is 1.46 bits per heavy atom. The van der Waals surface area contributed by atoms with Gasteiger partial charge in [-0.15, -0.1) is 0 Å². The number of carbonyl (C=O) groups excluding carboxylic acids is 1. The summed E-state index contributed by atoms with van der Waals surface area (Å²) < 4.78 is 43.1. The molecule has 2 aromatic carbocycles. The highest BCUT2D eigenvalue weighted by Gasteiger charge is 2.31. The topological polar surface area (TPSA) is 26.3 Å². The fraction of sp³-hybridized carbons (Fsp3) is 0.316. The Balaban J connectivity index is 1.95. The lowest BCUT2D eigenvalue weighted by Crippen LogP contribution is -2.21. The van der Waals surface area contributed by atoms with Crippen LogP contribution in [0.3, 0.4) is 0 Å². The van der Waals surface area contributed by atoms with E-state index in [1.165, 1.54) is 12.1 Å². The molecule has 0 radical (unpaired) electrons. The van der Waals surface area contributed by atoms with Gasteiger partial charge in [-0.05, 0) is 41.7 Å². The standard InChI is InChI=1S/C19H19F3O2/c1-18(2,15-8-10-16(11-9-15)19(20,21)22)12-13-24-17(23)14-6-4-3-5-7-14/h3-11H,12-13H2,1-2H3. The Morgan fingerprint density at radius 3 is 2.00 bits per heavy atom. The zero-order valence-electron chi connectivity index (χ0n) is 13.6. The fourth-order valence-electron chi connectivity index (χ4n) is 2.31. The van der Waals surface area contributed by atoms with Crippen molar-refractivity contribution >= 4 is 5.97 Å². The van der Waals surface area contributed by atoms with Gasteiger partial charge in [0.15, 0.2) is 0 Å². The highest BCUT2D eigenvalue weighted by atomic mass is 19.4. The van der Waals surface area contributed by atoms with E-state index < -0.39 is 23.1 Å². The van der Waals surface area contributed by atoms with E-state index in [1.807, 2.05) is 19.9 Å². The molecule has 0 aliphatic heterocycles. The first kappa shape index (κ1) is 18.0. The summed E-state index contributed by atoms with van der Waals surface area (Å²) in [5.74, 6) is -0.404. The number of hydrogen-bond acceptors (Lipinski definition) is 2. The second kappa shape index (κ2) is 7.07. The van der Waals surface area contributed by atoms with Crippen molar-refractivity contribution in [2.75, 3.05) is 6.61 Å². The summed E-state index contributed by atoms with van der Waals surface area (Å²) in [4.78, 5) is 11.9. The Hall–Kier alpha value is -2.30. The first-order chi connectivity index (χ1) is 11.2. The van der Waals surface area contributed by atoms with Crippen LogP contribution in [-0.2, 0) is 16.3 Å². The molecule has 0 aliphatic carbocycles. The van der Waals surface area contributed by atoms with E-state index in [4.69, 9.17) is 4.74 Å². The number of benzene rings is 2. The molecule has 0 amide bonds. The molecule has 24 heavy (non-hydrogen) atoms. The molecule has 0 saturated heterocycles. The van der Waals surface area contributed by atoms with Gasteiger partial charge >= 0.3 is 12.1 Å². The third-order valence-electron chi connectivity index (χ3n) is 3.96. The van der Waals surface area contributed by atoms with Crippen LogP contribution < -0.4 is 0 Å². The maximum Gasteiger partial charge on any atom is 0.416 e. The predicted molar refractivity (Wildman–Crippen MR) is 85.8 cm³/mol. The van der Waals surface area contributed by atoms with Gasteiger partial charge in [0.2, 0.25) is 0 Å². The number of ether oxygens (including phenoxy) is 1. The summed E-state index contributed by atoms with van der Waals surface area (Å²) in [6.45, 7) is 4.01. The molecule has 0 bridgehead atoms. The summed E-state index contributed by atoms with van der Waals surface area (Å²) in [5, 5.41) is 0. The van der Waals surface area contributed by atoms with E-state index in [0.717, 1.165) is 17.7 Å². The molecular weight excluding hydrogens is 317 g/mol. The maximum atomic E-state index is 12.6. The van der Waals surface area contributed by atoms with E-state index in [-0.39, 0.29) is 6.61 Å². The minimum atomic E-state index is -4.34. The number of esters is 1. The average Bonchev–Trinajstić information content (AvgIpc) is 2.55. The molecule has 2 rings (SSSR count). The van der Waals surface area contributed by atoms with Crippen molar-refractivity contribution in [3.63, 3.8) is 0 Å². The summed E-state index contributed by atoms with van der Waals surface area (Å²) in [6, 6.07) is 13.8. The van der Waals surface area contributed by atoms with Gasteiger partial charge in [-0.25, -0.2) is 4.79 Å². The molecule has 0 heterocycles. The van der Waals surface area contributed by atoms with Crippen LogP contribution in [0.15, 0.2) is 54.6 Å². The molecule has 2 nitrogen and oxygen atoms in total. The molecular formula is C19H19F3O2. The van der Waals surface area contributed by atoms with Crippen LogP contribution in [0, 0.1) is 0 Å². The summed E-state index contributed by atoms with van der Waals surface area (Å²) in [6.07, 6.45) is -3.83. The maximum absolute atomic E-state index is 12.6. The molecule has 0 N–H and O–H groups in total. The third kappa shape index (κ3) is 4.60. The van der Waals surface area contributed by atoms with Crippen molar-refractivity contribution in [1.29, 1.82) is 0 Å². The lowest BCUT2D eigenvalue weighted by Gasteiger charge is -2.25. The normalized spacial score (nSPS) is 12.0. The van der Waals surface area contributed by atoms with Crippen molar-refractivity contribution < 1.29 is 22.7 Å². The predicted octanol–water partition coefficient (Wildman–Crippen LogP) is 5.23. The number of halogens is 3. The van der Waals surface area contributed by atoms with Crippen molar-refractivity contribution in [2.45, 2.75) is 31.9 Å². The van der Waals surface area contributed by atoms with E-state index in [9.17, 15) is 18.0 Å². The third-order valence-corrected chi connectivity index (χ3v) is 3.96. The van der Waals surface area contributed by atoms with E-state index >= 15 is 0 Å². The lowest BCUT2D eigenvalue weighted by atomic mass is 9.81. The molecule has 0 unspecified atom stereocenters. The zero-order chi connectivity index (χ0) is 17.8. The molecule has 0 saturated carbocycles. The Bertz CT molecular complexity index is 674. The van der Waals surface area contributed by atoms with Gasteiger partial charge in [-0.2, -0.15) is 13.2 Å². The van der Waals surface area contributed by atoms with Crippen LogP contribution in [-0.4, -0.2) is 12.6 Å². The van der Waals surface area contributed by atoms with Crippen LogP contribution in [0.5, 0.6) is 0 Å². The molecule has 0 aromatic heterocycles. The fourth-order valence-corrected chi connectivity index (χ4v) is 2.31. The van der Waals surface area contributed by atoms with E-state index in [1.54, 1.807) is 24.3 Å². The SMILES string of the molecule is CC(C)(CCOC(=O)c1ccccc1)c1ccc(C(F)(F)F)cc1. The molecule has 5 heteroatoms. The van der Waals surface area contributed by atoms with Crippen molar-refractivity contribution in [3.8, 4) is 0 Å². The average molecular weight is 336 g/mol. The quantitative estimate of drug-likeness (QED) is 0.699. The first-order valence-electron chi connectivity index (χ1n) is 7.60. The molecule has 0 aliphatic rings. The smallest absolute Gasteiger partial charge is 0.416 e. The van der Waals surface area contributed by atoms with E-state index in [0.29, 0.717) is 12.0 Å². The number of rotatable bonds is 5. The van der Waals surface area contributed by atoms with Gasteiger partial charge in [0.1, 0.15) is 0 Å². The molecule has 0 spiro atoms. The van der Waals surface area contributed by atoms with Crippen molar-refractivity contribution in [1.82, 2.24) is 0 Å². The van der Waals surface area contributed by atoms with Crippen LogP contribution in [0.4, 0.5) is 13.2 Å². The summed E-state index contributed by atoms with van der Waals surface area (Å²) in [5.41, 5.74) is 0.176. The number of hydrogen-bond donors (Lipinski definition) is 0. The van der Waals surface area contributed by atoms with Crippen LogP contribution >= 0.6 is 0 Å². The molecule has 0 fully saturated rings. The van der Waals surface area contributed by atoms with Gasteiger partial charge in [-0.3, -0.25) is 0 Å². The zero-order valence-corrected chi connectivity index (χ0v) is 13.6. The molecule has 2 aromatic rings. The van der Waals surface area contributed by atoms with Gasteiger partial charge in [0.25, 0.3) is 0 Å². The minimum Gasteiger partial charge on any atom is -0.462 e. The number of carbonyl (C=O) groups is 1. The molecule has 0 atom stereocenters. The van der Waals surface area contributed by atoms with Crippen LogP contribution in [0.1, 0.15) is 41.8 Å². The van der Waals surface area contributed by atoms with Crippen LogP contribution in [0.25, 0.3) is 0 Å². The van der Waals surface area contributed by atoms with Crippen LogP contribution in [0.2, 0.25) is 0 Å². The Morgan fingerprint density at radius 1 is 0.917 bits per heavy atom. The number of alkyl halides is 3. The van der Waals surface area contributed by atoms with Crippen molar-refractivity contribution in [2.24, 2.45) is 0 Å². The molecule has 128 valence electrons. The van der Waals surface area contributed by atoms with E-state index in [2.05, 4.69) is 0 Å². The second-order valence-corrected chi connectivity index (χ2v) is 6.21. The highest BCUT2D eigenvalue weighted by molar-refractivity contribution is 5.89. The second-order valence-electron chi connectivity index (χ2n) is 6.21. The van der Waals surface area contributed by atoms with Gasteiger partial charge in [0, 0.05) is 0 Å². The highest BCUT2D eigenvalue weighted by Crippen LogP contribution is 2.32. The minimum absolute atomic E-state index is 0.196. The lowest BCUT2D eigenvalue weighted by molar-refractivity contribution is -0.137. The first-order valence-corrected chi connectivity index (χ1v) is 7.60. The van der Waals surface area contributed by atoms with Gasteiger partial charge in [-0.1, -0.05) is 44.2 Å². The Kier molecular flexibility index (Phi) is 5.32. The monoisotopic (exact) mass is 336 g/mol. The van der Waals surface area contributed by atoms with Crippen molar-refractivity contribution in [3.05, 3.63) is 71.3 Å². The summed E-state index contributed by atoms with van der Waals surface area (Å²) in [7, 11) is 0. The largest absolute Gasteiger partial charge is 0.462 e. The van der Waals surface area contributed by atoms with Gasteiger partial charge in [0.05, 0.1) is 17.7 Å². The summed E-state index contributed by atoms with van der Waals surface area (Å²) >= 11 is 0. The van der Waals surface area contributed by atoms with Gasteiger partial charge < -0.3 is 4.74 Å².